The Bertz CT molecular complexity index is 1170. The summed E-state index contributed by atoms with van der Waals surface area (Å²) in [6, 6.07) is 20.3. The zero-order valence-electron chi connectivity index (χ0n) is 16.2. The first kappa shape index (κ1) is 18.9. The number of carbonyl (C=O) groups is 1. The molecule has 0 saturated carbocycles. The molecule has 5 heteroatoms. The minimum atomic E-state index is 0.0125. The molecule has 1 heterocycles. The van der Waals surface area contributed by atoms with Gasteiger partial charge in [0.05, 0.1) is 24.4 Å². The molecule has 146 valence electrons. The molecule has 0 aliphatic heterocycles. The Morgan fingerprint density at radius 2 is 1.72 bits per heavy atom. The van der Waals surface area contributed by atoms with E-state index in [1.807, 2.05) is 43.4 Å². The number of pyridine rings is 1. The number of hydrogen-bond acceptors (Lipinski definition) is 5. The average molecular weight is 386 g/mol. The molecule has 0 atom stereocenters. The molecule has 5 nitrogen and oxygen atoms in total. The maximum absolute atomic E-state index is 10.4. The highest BCUT2D eigenvalue weighted by atomic mass is 16.5. The topological polar surface area (TPSA) is 71.5 Å². The van der Waals surface area contributed by atoms with Crippen molar-refractivity contribution < 1.29 is 14.6 Å². The monoisotopic (exact) mass is 386 g/mol. The number of hydrogen-bond donors (Lipinski definition) is 2. The molecular formula is C24H22N2O3. The number of nitrogens with one attached hydrogen (secondary N) is 1. The van der Waals surface area contributed by atoms with Crippen molar-refractivity contribution in [1.82, 2.24) is 4.98 Å². The number of aliphatic hydroxyl groups excluding tert-OH is 1. The van der Waals surface area contributed by atoms with E-state index in [0.29, 0.717) is 19.5 Å². The van der Waals surface area contributed by atoms with Crippen LogP contribution in [0.1, 0.15) is 11.1 Å². The summed E-state index contributed by atoms with van der Waals surface area (Å²) in [4.78, 5) is 15.4. The summed E-state index contributed by atoms with van der Waals surface area (Å²) in [6.07, 6.45) is 0.647. The van der Waals surface area contributed by atoms with Crippen LogP contribution in [-0.2, 0) is 22.6 Å². The largest absolute Gasteiger partial charge is 0.468 e. The molecule has 0 saturated heterocycles. The lowest BCUT2D eigenvalue weighted by atomic mass is 9.97. The molecule has 0 bridgehead atoms. The van der Waals surface area contributed by atoms with E-state index in [2.05, 4.69) is 29.6 Å². The zero-order valence-corrected chi connectivity index (χ0v) is 16.2. The minimum absolute atomic E-state index is 0.0125. The number of nitrogens with zero attached hydrogens (tertiary/aromatic N) is 1. The molecule has 0 radical (unpaired) electrons. The van der Waals surface area contributed by atoms with Crippen LogP contribution in [0.25, 0.3) is 32.9 Å². The first-order valence-electron chi connectivity index (χ1n) is 9.53. The van der Waals surface area contributed by atoms with Crippen LogP contribution in [-0.4, -0.2) is 30.2 Å². The van der Waals surface area contributed by atoms with Crippen LogP contribution >= 0.6 is 0 Å². The van der Waals surface area contributed by atoms with Gasteiger partial charge in [-0.15, -0.1) is 0 Å². The fourth-order valence-corrected chi connectivity index (χ4v) is 3.58. The van der Waals surface area contributed by atoms with Gasteiger partial charge in [0.25, 0.3) is 6.47 Å². The van der Waals surface area contributed by atoms with E-state index in [4.69, 9.17) is 9.72 Å². The SMILES string of the molecule is CNc1ccc2c(c1)nc(-c1ccc(CO)cc1)c1cc(CCOC=O)ccc12. The van der Waals surface area contributed by atoms with Crippen LogP contribution < -0.4 is 5.32 Å². The van der Waals surface area contributed by atoms with Gasteiger partial charge >= 0.3 is 0 Å². The Morgan fingerprint density at radius 3 is 2.45 bits per heavy atom. The summed E-state index contributed by atoms with van der Waals surface area (Å²) in [5.41, 5.74) is 5.76. The molecule has 0 spiro atoms. The highest BCUT2D eigenvalue weighted by Crippen LogP contribution is 2.34. The van der Waals surface area contributed by atoms with Crippen molar-refractivity contribution in [2.24, 2.45) is 0 Å². The van der Waals surface area contributed by atoms with Crippen molar-refractivity contribution in [2.45, 2.75) is 13.0 Å². The second-order valence-electron chi connectivity index (χ2n) is 6.89. The second kappa shape index (κ2) is 8.29. The van der Waals surface area contributed by atoms with Gasteiger partial charge in [-0.1, -0.05) is 42.5 Å². The Labute approximate surface area is 169 Å². The van der Waals surface area contributed by atoms with Crippen LogP contribution in [0.4, 0.5) is 5.69 Å². The quantitative estimate of drug-likeness (QED) is 0.281. The van der Waals surface area contributed by atoms with Gasteiger partial charge in [0.15, 0.2) is 0 Å². The van der Waals surface area contributed by atoms with Crippen molar-refractivity contribution in [3.05, 3.63) is 71.8 Å². The molecule has 4 aromatic rings. The Hall–Kier alpha value is -3.44. The number of carbonyl (C=O) groups excluding carboxylic acids is 1. The zero-order chi connectivity index (χ0) is 20.2. The number of aliphatic hydroxyl groups is 1. The molecule has 0 unspecified atom stereocenters. The van der Waals surface area contributed by atoms with E-state index in [9.17, 15) is 9.90 Å². The summed E-state index contributed by atoms with van der Waals surface area (Å²) >= 11 is 0. The number of aromatic nitrogens is 1. The van der Waals surface area contributed by atoms with Gasteiger partial charge in [-0.2, -0.15) is 0 Å². The summed E-state index contributed by atoms with van der Waals surface area (Å²) in [5.74, 6) is 0. The molecule has 1 aromatic heterocycles. The molecule has 0 aliphatic rings. The van der Waals surface area contributed by atoms with Crippen molar-refractivity contribution in [1.29, 1.82) is 0 Å². The van der Waals surface area contributed by atoms with E-state index < -0.39 is 0 Å². The number of rotatable bonds is 7. The fourth-order valence-electron chi connectivity index (χ4n) is 3.58. The van der Waals surface area contributed by atoms with Gasteiger partial charge in [0.2, 0.25) is 0 Å². The molecular weight excluding hydrogens is 364 g/mol. The smallest absolute Gasteiger partial charge is 0.293 e. The fraction of sp³-hybridized carbons (Fsp3) is 0.167. The highest BCUT2D eigenvalue weighted by molar-refractivity contribution is 6.11. The predicted octanol–water partition coefficient (Wildman–Crippen LogP) is 4.30. The van der Waals surface area contributed by atoms with Gasteiger partial charge in [-0.3, -0.25) is 4.79 Å². The first-order valence-corrected chi connectivity index (χ1v) is 9.53. The van der Waals surface area contributed by atoms with Gasteiger partial charge in [0, 0.05) is 35.5 Å². The highest BCUT2D eigenvalue weighted by Gasteiger charge is 2.12. The summed E-state index contributed by atoms with van der Waals surface area (Å²) in [7, 11) is 1.89. The van der Waals surface area contributed by atoms with Crippen molar-refractivity contribution in [3.63, 3.8) is 0 Å². The molecule has 0 amide bonds. The van der Waals surface area contributed by atoms with E-state index in [1.165, 1.54) is 0 Å². The van der Waals surface area contributed by atoms with E-state index in [1.54, 1.807) is 0 Å². The molecule has 3 aromatic carbocycles. The normalized spacial score (nSPS) is 11.0. The third-order valence-corrected chi connectivity index (χ3v) is 5.13. The number of anilines is 1. The summed E-state index contributed by atoms with van der Waals surface area (Å²) < 4.78 is 4.86. The summed E-state index contributed by atoms with van der Waals surface area (Å²) in [5, 5.41) is 15.8. The lowest BCUT2D eigenvalue weighted by Crippen LogP contribution is -1.98. The molecule has 29 heavy (non-hydrogen) atoms. The van der Waals surface area contributed by atoms with Gasteiger partial charge in [-0.25, -0.2) is 4.98 Å². The number of fused-ring (bicyclic) bond motifs is 3. The molecule has 0 aliphatic carbocycles. The maximum atomic E-state index is 10.4. The lowest BCUT2D eigenvalue weighted by Gasteiger charge is -2.13. The van der Waals surface area contributed by atoms with Crippen LogP contribution in [0.5, 0.6) is 0 Å². The van der Waals surface area contributed by atoms with Crippen molar-refractivity contribution >= 4 is 33.8 Å². The Kier molecular flexibility index (Phi) is 5.40. The van der Waals surface area contributed by atoms with Crippen LogP contribution in [0.15, 0.2) is 60.7 Å². The molecule has 4 rings (SSSR count). The maximum Gasteiger partial charge on any atom is 0.293 e. The minimum Gasteiger partial charge on any atom is -0.468 e. The predicted molar refractivity (Wildman–Crippen MR) is 116 cm³/mol. The second-order valence-corrected chi connectivity index (χ2v) is 6.89. The standard InChI is InChI=1S/C24H22N2O3/c1-25-19-7-9-21-20-8-4-16(10-11-29-15-28)12-22(20)24(26-23(21)13-19)18-5-2-17(14-27)3-6-18/h2-9,12-13,15,25,27H,10-11,14H2,1H3. The van der Waals surface area contributed by atoms with E-state index in [-0.39, 0.29) is 6.61 Å². The molecule has 0 fully saturated rings. The Morgan fingerprint density at radius 1 is 0.966 bits per heavy atom. The van der Waals surface area contributed by atoms with E-state index >= 15 is 0 Å². The third-order valence-electron chi connectivity index (χ3n) is 5.13. The van der Waals surface area contributed by atoms with E-state index in [0.717, 1.165) is 49.7 Å². The van der Waals surface area contributed by atoms with Gasteiger partial charge < -0.3 is 15.2 Å². The average Bonchev–Trinajstić information content (AvgIpc) is 2.78. The lowest BCUT2D eigenvalue weighted by molar-refractivity contribution is -0.128. The number of ether oxygens (including phenoxy) is 1. The van der Waals surface area contributed by atoms with Crippen LogP contribution in [0.2, 0.25) is 0 Å². The van der Waals surface area contributed by atoms with Crippen molar-refractivity contribution in [3.8, 4) is 11.3 Å². The summed E-state index contributed by atoms with van der Waals surface area (Å²) in [6.45, 7) is 0.838. The Balaban J connectivity index is 1.94. The van der Waals surface area contributed by atoms with Gasteiger partial charge in [0.1, 0.15) is 0 Å². The van der Waals surface area contributed by atoms with Gasteiger partial charge in [-0.05, 0) is 34.7 Å². The van der Waals surface area contributed by atoms with Crippen LogP contribution in [0, 0.1) is 0 Å². The van der Waals surface area contributed by atoms with Crippen LogP contribution in [0.3, 0.4) is 0 Å². The molecule has 2 N–H and O–H groups in total. The van der Waals surface area contributed by atoms with Crippen molar-refractivity contribution in [2.75, 3.05) is 19.0 Å². The number of benzene rings is 3. The third kappa shape index (κ3) is 3.77. The first-order chi connectivity index (χ1) is 14.2.